The van der Waals surface area contributed by atoms with Gasteiger partial charge in [0.1, 0.15) is 0 Å². The van der Waals surface area contributed by atoms with Crippen molar-refractivity contribution in [3.05, 3.63) is 35.1 Å². The molecule has 1 aliphatic heterocycles. The Balaban J connectivity index is 2.24. The summed E-state index contributed by atoms with van der Waals surface area (Å²) in [4.78, 5) is 15.9. The fraction of sp³-hybridized carbons (Fsp3) is 0.500. The van der Waals surface area contributed by atoms with E-state index in [2.05, 4.69) is 4.90 Å². The molecule has 1 aliphatic rings. The summed E-state index contributed by atoms with van der Waals surface area (Å²) in [6.45, 7) is 5.56. The van der Waals surface area contributed by atoms with Crippen LogP contribution in [0.15, 0.2) is 12.1 Å². The van der Waals surface area contributed by atoms with Crippen molar-refractivity contribution in [1.29, 1.82) is 0 Å². The van der Waals surface area contributed by atoms with E-state index in [1.165, 1.54) is 4.90 Å². The molecule has 1 fully saturated rings. The normalized spacial score (nSPS) is 19.2. The summed E-state index contributed by atoms with van der Waals surface area (Å²) in [6, 6.07) is 1.48. The molecule has 1 aromatic carbocycles. The van der Waals surface area contributed by atoms with E-state index in [1.54, 1.807) is 0 Å². The number of nitrogens with zero attached hydrogens (tertiary/aromatic N) is 2. The van der Waals surface area contributed by atoms with Gasteiger partial charge >= 0.3 is 0 Å². The summed E-state index contributed by atoms with van der Waals surface area (Å²) in [5.74, 6) is -4.73. The van der Waals surface area contributed by atoms with Crippen molar-refractivity contribution in [3.8, 4) is 0 Å². The zero-order valence-corrected chi connectivity index (χ0v) is 11.7. The number of hydrogen-bond donors (Lipinski definition) is 0. The topological polar surface area (TPSA) is 23.6 Å². The summed E-state index contributed by atoms with van der Waals surface area (Å²) < 4.78 is 39.3. The Kier molecular flexibility index (Phi) is 3.77. The molecule has 1 saturated heterocycles. The smallest absolute Gasteiger partial charge is 0.254 e. The molecule has 0 spiro atoms. The quantitative estimate of drug-likeness (QED) is 0.739. The fourth-order valence-electron chi connectivity index (χ4n) is 2.28. The van der Waals surface area contributed by atoms with Crippen LogP contribution >= 0.6 is 0 Å². The third kappa shape index (κ3) is 2.65. The minimum atomic E-state index is -1.56. The summed E-state index contributed by atoms with van der Waals surface area (Å²) in [5.41, 5.74) is -0.382. The minimum Gasteiger partial charge on any atom is -0.336 e. The zero-order chi connectivity index (χ0) is 15.1. The fourth-order valence-corrected chi connectivity index (χ4v) is 2.28. The number of rotatable bonds is 1. The monoisotopic (exact) mass is 286 g/mol. The maximum Gasteiger partial charge on any atom is 0.254 e. The molecule has 6 heteroatoms. The van der Waals surface area contributed by atoms with Gasteiger partial charge in [0.05, 0.1) is 0 Å². The number of piperazine rings is 1. The van der Waals surface area contributed by atoms with Crippen LogP contribution in [0.5, 0.6) is 0 Å². The van der Waals surface area contributed by atoms with Gasteiger partial charge in [-0.1, -0.05) is 0 Å². The standard InChI is InChI=1S/C14H17F3N2O/c1-14(2)8-19(5-4-18(14)3)13(20)9-6-10(15)12(17)11(16)7-9/h6-7H,4-5,8H2,1-3H3. The highest BCUT2D eigenvalue weighted by atomic mass is 19.2. The summed E-state index contributed by atoms with van der Waals surface area (Å²) in [6.07, 6.45) is 0. The first-order valence-corrected chi connectivity index (χ1v) is 6.37. The largest absolute Gasteiger partial charge is 0.336 e. The first-order chi connectivity index (χ1) is 9.22. The van der Waals surface area contributed by atoms with E-state index in [1.807, 2.05) is 20.9 Å². The number of amides is 1. The van der Waals surface area contributed by atoms with Gasteiger partial charge in [0.2, 0.25) is 0 Å². The third-order valence-corrected chi connectivity index (χ3v) is 3.83. The van der Waals surface area contributed by atoms with E-state index in [-0.39, 0.29) is 11.1 Å². The molecule has 110 valence electrons. The minimum absolute atomic E-state index is 0.165. The second-order valence-electron chi connectivity index (χ2n) is 5.71. The maximum atomic E-state index is 13.2. The van der Waals surface area contributed by atoms with Gasteiger partial charge in [-0.05, 0) is 33.0 Å². The highest BCUT2D eigenvalue weighted by molar-refractivity contribution is 5.94. The maximum absolute atomic E-state index is 13.2. The lowest BCUT2D eigenvalue weighted by Gasteiger charge is -2.45. The number of halogens is 3. The van der Waals surface area contributed by atoms with Crippen molar-refractivity contribution in [3.63, 3.8) is 0 Å². The lowest BCUT2D eigenvalue weighted by atomic mass is 9.99. The van der Waals surface area contributed by atoms with Crippen LogP contribution in [0.4, 0.5) is 13.2 Å². The summed E-state index contributed by atoms with van der Waals surface area (Å²) >= 11 is 0. The Bertz CT molecular complexity index is 522. The number of hydrogen-bond acceptors (Lipinski definition) is 2. The Morgan fingerprint density at radius 1 is 1.15 bits per heavy atom. The predicted octanol–water partition coefficient (Wildman–Crippen LogP) is 2.27. The highest BCUT2D eigenvalue weighted by Crippen LogP contribution is 2.21. The molecule has 0 aromatic heterocycles. The molecular weight excluding hydrogens is 269 g/mol. The molecule has 1 aromatic rings. The second-order valence-corrected chi connectivity index (χ2v) is 5.71. The van der Waals surface area contributed by atoms with Gasteiger partial charge in [-0.2, -0.15) is 0 Å². The Hall–Kier alpha value is -1.56. The second kappa shape index (κ2) is 5.09. The van der Waals surface area contributed by atoms with Crippen molar-refractivity contribution in [2.45, 2.75) is 19.4 Å². The van der Waals surface area contributed by atoms with E-state index < -0.39 is 23.4 Å². The molecule has 0 N–H and O–H groups in total. The highest BCUT2D eigenvalue weighted by Gasteiger charge is 2.33. The number of likely N-dealkylation sites (N-methyl/N-ethyl adjacent to an activating group) is 1. The first kappa shape index (κ1) is 14.8. The third-order valence-electron chi connectivity index (χ3n) is 3.83. The van der Waals surface area contributed by atoms with E-state index >= 15 is 0 Å². The van der Waals surface area contributed by atoms with Gasteiger partial charge in [0.15, 0.2) is 17.5 Å². The van der Waals surface area contributed by atoms with Crippen LogP contribution in [0, 0.1) is 17.5 Å². The molecule has 0 atom stereocenters. The molecule has 0 bridgehead atoms. The lowest BCUT2D eigenvalue weighted by Crippen LogP contribution is -2.58. The lowest BCUT2D eigenvalue weighted by molar-refractivity contribution is 0.0310. The molecular formula is C14H17F3N2O. The molecule has 1 heterocycles. The average molecular weight is 286 g/mol. The predicted molar refractivity (Wildman–Crippen MR) is 68.9 cm³/mol. The van der Waals surface area contributed by atoms with Gasteiger partial charge in [0, 0.05) is 30.7 Å². The van der Waals surface area contributed by atoms with E-state index in [0.29, 0.717) is 19.6 Å². The van der Waals surface area contributed by atoms with Crippen molar-refractivity contribution in [2.24, 2.45) is 0 Å². The number of carbonyl (C=O) groups is 1. The molecule has 3 nitrogen and oxygen atoms in total. The van der Waals surface area contributed by atoms with Gasteiger partial charge in [0.25, 0.3) is 5.91 Å². The molecule has 0 unspecified atom stereocenters. The SMILES string of the molecule is CN1CCN(C(=O)c2cc(F)c(F)c(F)c2)CC1(C)C. The van der Waals surface area contributed by atoms with Crippen molar-refractivity contribution >= 4 is 5.91 Å². The molecule has 0 radical (unpaired) electrons. The first-order valence-electron chi connectivity index (χ1n) is 6.37. The van der Waals surface area contributed by atoms with Gasteiger partial charge in [-0.25, -0.2) is 13.2 Å². The van der Waals surface area contributed by atoms with E-state index in [0.717, 1.165) is 12.1 Å². The molecule has 20 heavy (non-hydrogen) atoms. The van der Waals surface area contributed by atoms with Crippen molar-refractivity contribution < 1.29 is 18.0 Å². The van der Waals surface area contributed by atoms with Crippen LogP contribution in [-0.2, 0) is 0 Å². The van der Waals surface area contributed by atoms with Gasteiger partial charge in [-0.3, -0.25) is 9.69 Å². The number of carbonyl (C=O) groups excluding carboxylic acids is 1. The van der Waals surface area contributed by atoms with Crippen LogP contribution in [0.2, 0.25) is 0 Å². The molecule has 2 rings (SSSR count). The van der Waals surface area contributed by atoms with Crippen LogP contribution in [-0.4, -0.2) is 47.9 Å². The summed E-state index contributed by atoms with van der Waals surface area (Å²) in [5, 5.41) is 0. The van der Waals surface area contributed by atoms with Crippen LogP contribution in [0.25, 0.3) is 0 Å². The van der Waals surface area contributed by atoms with Crippen LogP contribution < -0.4 is 0 Å². The van der Waals surface area contributed by atoms with Crippen LogP contribution in [0.1, 0.15) is 24.2 Å². The van der Waals surface area contributed by atoms with Crippen LogP contribution in [0.3, 0.4) is 0 Å². The van der Waals surface area contributed by atoms with Crippen molar-refractivity contribution in [1.82, 2.24) is 9.80 Å². The van der Waals surface area contributed by atoms with Gasteiger partial charge in [-0.15, -0.1) is 0 Å². The van der Waals surface area contributed by atoms with Gasteiger partial charge < -0.3 is 4.90 Å². The zero-order valence-electron chi connectivity index (χ0n) is 11.7. The number of benzene rings is 1. The molecule has 1 amide bonds. The summed E-state index contributed by atoms with van der Waals surface area (Å²) in [7, 11) is 1.96. The molecule has 0 aliphatic carbocycles. The molecule has 0 saturated carbocycles. The average Bonchev–Trinajstić information content (AvgIpc) is 2.37. The van der Waals surface area contributed by atoms with E-state index in [4.69, 9.17) is 0 Å². The van der Waals surface area contributed by atoms with E-state index in [9.17, 15) is 18.0 Å². The Morgan fingerprint density at radius 3 is 2.20 bits per heavy atom. The Labute approximate surface area is 116 Å². The Morgan fingerprint density at radius 2 is 1.70 bits per heavy atom. The van der Waals surface area contributed by atoms with Crippen molar-refractivity contribution in [2.75, 3.05) is 26.7 Å².